The van der Waals surface area contributed by atoms with Gasteiger partial charge in [-0.3, -0.25) is 0 Å². The lowest BCUT2D eigenvalue weighted by Crippen LogP contribution is -2.25. The highest BCUT2D eigenvalue weighted by atomic mass is 14.9. The van der Waals surface area contributed by atoms with Crippen LogP contribution in [0.4, 0.5) is 5.69 Å². The lowest BCUT2D eigenvalue weighted by Gasteiger charge is -2.22. The van der Waals surface area contributed by atoms with Gasteiger partial charge in [0.05, 0.1) is 0 Å². The third-order valence-corrected chi connectivity index (χ3v) is 2.79. The van der Waals surface area contributed by atoms with Gasteiger partial charge in [0.1, 0.15) is 0 Å². The number of hydrogen-bond donors (Lipinski definition) is 1. The molecule has 0 aliphatic rings. The first-order valence-electron chi connectivity index (χ1n) is 6.88. The van der Waals surface area contributed by atoms with Crippen molar-refractivity contribution in [3.8, 4) is 0 Å². The van der Waals surface area contributed by atoms with Crippen LogP contribution in [0.25, 0.3) is 0 Å². The van der Waals surface area contributed by atoms with E-state index in [-0.39, 0.29) is 5.54 Å². The molecule has 1 heteroatoms. The minimum Gasteiger partial charge on any atom is -0.380 e. The summed E-state index contributed by atoms with van der Waals surface area (Å²) in [5.74, 6) is 0. The standard InChI is InChI=1S/C16H27N/c1-5-6-7-8-9-14-10-12-15(13-11-14)17-16(2,3)4/h10-13,17H,5-9H2,1-4H3. The molecule has 0 saturated carbocycles. The van der Waals surface area contributed by atoms with Crippen LogP contribution >= 0.6 is 0 Å². The number of benzene rings is 1. The van der Waals surface area contributed by atoms with E-state index in [0.717, 1.165) is 0 Å². The zero-order valence-electron chi connectivity index (χ0n) is 11.8. The second-order valence-corrected chi connectivity index (χ2v) is 5.88. The summed E-state index contributed by atoms with van der Waals surface area (Å²) in [5.41, 5.74) is 2.82. The summed E-state index contributed by atoms with van der Waals surface area (Å²) in [7, 11) is 0. The van der Waals surface area contributed by atoms with Crippen molar-refractivity contribution in [3.63, 3.8) is 0 Å². The van der Waals surface area contributed by atoms with Crippen molar-refractivity contribution >= 4 is 5.69 Å². The predicted molar refractivity (Wildman–Crippen MR) is 77.7 cm³/mol. The Morgan fingerprint density at radius 1 is 0.941 bits per heavy atom. The van der Waals surface area contributed by atoms with Gasteiger partial charge in [-0.05, 0) is 51.3 Å². The Morgan fingerprint density at radius 2 is 1.59 bits per heavy atom. The highest BCUT2D eigenvalue weighted by Gasteiger charge is 2.08. The normalized spacial score (nSPS) is 11.5. The molecule has 1 N–H and O–H groups in total. The fraction of sp³-hybridized carbons (Fsp3) is 0.625. The summed E-state index contributed by atoms with van der Waals surface area (Å²) in [6.07, 6.45) is 6.58. The Labute approximate surface area is 107 Å². The van der Waals surface area contributed by atoms with Gasteiger partial charge in [-0.1, -0.05) is 38.3 Å². The van der Waals surface area contributed by atoms with Gasteiger partial charge in [-0.25, -0.2) is 0 Å². The molecule has 17 heavy (non-hydrogen) atoms. The van der Waals surface area contributed by atoms with Gasteiger partial charge in [0.15, 0.2) is 0 Å². The maximum atomic E-state index is 3.48. The summed E-state index contributed by atoms with van der Waals surface area (Å²) in [4.78, 5) is 0. The van der Waals surface area contributed by atoms with Crippen LogP contribution in [0.1, 0.15) is 58.9 Å². The molecule has 0 spiro atoms. The molecule has 0 radical (unpaired) electrons. The number of hydrogen-bond acceptors (Lipinski definition) is 1. The van der Waals surface area contributed by atoms with Gasteiger partial charge >= 0.3 is 0 Å². The molecular formula is C16H27N. The van der Waals surface area contributed by atoms with E-state index in [0.29, 0.717) is 0 Å². The van der Waals surface area contributed by atoms with Gasteiger partial charge < -0.3 is 5.32 Å². The van der Waals surface area contributed by atoms with E-state index >= 15 is 0 Å². The molecule has 1 aromatic carbocycles. The van der Waals surface area contributed by atoms with Crippen LogP contribution in [0.15, 0.2) is 24.3 Å². The minimum atomic E-state index is 0.142. The summed E-state index contributed by atoms with van der Waals surface area (Å²) >= 11 is 0. The summed E-state index contributed by atoms with van der Waals surface area (Å²) in [6, 6.07) is 8.89. The van der Waals surface area contributed by atoms with E-state index in [9.17, 15) is 0 Å². The molecule has 0 heterocycles. The molecule has 0 aliphatic carbocycles. The second-order valence-electron chi connectivity index (χ2n) is 5.88. The third kappa shape index (κ3) is 6.35. The Kier molecular flexibility index (Phi) is 5.54. The molecule has 0 atom stereocenters. The predicted octanol–water partition coefficient (Wildman–Crippen LogP) is 5.02. The largest absolute Gasteiger partial charge is 0.380 e. The molecule has 1 nitrogen and oxygen atoms in total. The molecule has 0 fully saturated rings. The molecule has 0 unspecified atom stereocenters. The van der Waals surface area contributed by atoms with Crippen molar-refractivity contribution in [2.45, 2.75) is 65.3 Å². The maximum absolute atomic E-state index is 3.48. The summed E-state index contributed by atoms with van der Waals surface area (Å²) in [5, 5.41) is 3.48. The van der Waals surface area contributed by atoms with E-state index in [4.69, 9.17) is 0 Å². The molecule has 1 aromatic rings. The molecule has 0 saturated heterocycles. The molecule has 96 valence electrons. The number of aryl methyl sites for hydroxylation is 1. The number of unbranched alkanes of at least 4 members (excludes halogenated alkanes) is 3. The molecule has 0 aliphatic heterocycles. The molecule has 0 amide bonds. The highest BCUT2D eigenvalue weighted by molar-refractivity contribution is 5.46. The van der Waals surface area contributed by atoms with Gasteiger partial charge in [0.25, 0.3) is 0 Å². The average Bonchev–Trinajstić information content (AvgIpc) is 2.25. The lowest BCUT2D eigenvalue weighted by atomic mass is 10.0. The minimum absolute atomic E-state index is 0.142. The van der Waals surface area contributed by atoms with Gasteiger partial charge in [0, 0.05) is 11.2 Å². The van der Waals surface area contributed by atoms with E-state index in [1.165, 1.54) is 43.4 Å². The first-order valence-corrected chi connectivity index (χ1v) is 6.88. The molecule has 0 aromatic heterocycles. The number of rotatable bonds is 6. The zero-order chi connectivity index (χ0) is 12.7. The van der Waals surface area contributed by atoms with Crippen LogP contribution in [0.5, 0.6) is 0 Å². The van der Waals surface area contributed by atoms with Gasteiger partial charge in [0.2, 0.25) is 0 Å². The van der Waals surface area contributed by atoms with E-state index in [1.54, 1.807) is 0 Å². The Morgan fingerprint density at radius 3 is 2.12 bits per heavy atom. The molecule has 1 rings (SSSR count). The zero-order valence-corrected chi connectivity index (χ0v) is 11.8. The molecule has 0 bridgehead atoms. The average molecular weight is 233 g/mol. The van der Waals surface area contributed by atoms with Crippen molar-refractivity contribution in [1.29, 1.82) is 0 Å². The van der Waals surface area contributed by atoms with Crippen molar-refractivity contribution in [2.75, 3.05) is 5.32 Å². The monoisotopic (exact) mass is 233 g/mol. The Bertz CT molecular complexity index is 305. The number of nitrogens with one attached hydrogen (secondary N) is 1. The third-order valence-electron chi connectivity index (χ3n) is 2.79. The fourth-order valence-corrected chi connectivity index (χ4v) is 1.94. The van der Waals surface area contributed by atoms with Crippen LogP contribution < -0.4 is 5.32 Å². The first-order chi connectivity index (χ1) is 8.01. The van der Waals surface area contributed by atoms with Crippen molar-refractivity contribution in [1.82, 2.24) is 0 Å². The van der Waals surface area contributed by atoms with Crippen molar-refractivity contribution in [2.24, 2.45) is 0 Å². The Balaban J connectivity index is 2.39. The maximum Gasteiger partial charge on any atom is 0.0344 e. The summed E-state index contributed by atoms with van der Waals surface area (Å²) in [6.45, 7) is 8.82. The van der Waals surface area contributed by atoms with E-state index in [2.05, 4.69) is 57.3 Å². The van der Waals surface area contributed by atoms with Crippen LogP contribution in [0.2, 0.25) is 0 Å². The lowest BCUT2D eigenvalue weighted by molar-refractivity contribution is 0.634. The SMILES string of the molecule is CCCCCCc1ccc(NC(C)(C)C)cc1. The highest BCUT2D eigenvalue weighted by Crippen LogP contribution is 2.16. The Hall–Kier alpha value is -0.980. The first kappa shape index (κ1) is 14.1. The fourth-order valence-electron chi connectivity index (χ4n) is 1.94. The van der Waals surface area contributed by atoms with Gasteiger partial charge in [-0.2, -0.15) is 0 Å². The van der Waals surface area contributed by atoms with Crippen LogP contribution in [-0.2, 0) is 6.42 Å². The van der Waals surface area contributed by atoms with E-state index < -0.39 is 0 Å². The topological polar surface area (TPSA) is 12.0 Å². The van der Waals surface area contributed by atoms with Crippen LogP contribution in [0, 0.1) is 0 Å². The van der Waals surface area contributed by atoms with Crippen molar-refractivity contribution < 1.29 is 0 Å². The van der Waals surface area contributed by atoms with Crippen LogP contribution in [0.3, 0.4) is 0 Å². The van der Waals surface area contributed by atoms with Gasteiger partial charge in [-0.15, -0.1) is 0 Å². The second kappa shape index (κ2) is 6.68. The van der Waals surface area contributed by atoms with Crippen LogP contribution in [-0.4, -0.2) is 5.54 Å². The van der Waals surface area contributed by atoms with E-state index in [1.807, 2.05) is 0 Å². The van der Waals surface area contributed by atoms with Crippen molar-refractivity contribution in [3.05, 3.63) is 29.8 Å². The quantitative estimate of drug-likeness (QED) is 0.680. The molecular weight excluding hydrogens is 206 g/mol. The number of anilines is 1. The summed E-state index contributed by atoms with van der Waals surface area (Å²) < 4.78 is 0. The smallest absolute Gasteiger partial charge is 0.0344 e.